The van der Waals surface area contributed by atoms with Crippen molar-refractivity contribution in [3.05, 3.63) is 64.7 Å². The van der Waals surface area contributed by atoms with Gasteiger partial charge in [-0.3, -0.25) is 9.59 Å². The Kier molecular flexibility index (Phi) is 7.19. The Morgan fingerprint density at radius 3 is 2.35 bits per heavy atom. The molecule has 2 saturated heterocycles. The van der Waals surface area contributed by atoms with Crippen LogP contribution in [0.5, 0.6) is 0 Å². The van der Waals surface area contributed by atoms with Crippen LogP contribution in [0.1, 0.15) is 46.7 Å². The fourth-order valence-corrected chi connectivity index (χ4v) is 4.48. The third-order valence-corrected chi connectivity index (χ3v) is 6.43. The highest BCUT2D eigenvalue weighted by Gasteiger charge is 2.42. The Morgan fingerprint density at radius 1 is 1.08 bits per heavy atom. The van der Waals surface area contributed by atoms with Crippen molar-refractivity contribution in [3.63, 3.8) is 0 Å². The second kappa shape index (κ2) is 9.92. The van der Waals surface area contributed by atoms with Gasteiger partial charge in [-0.1, -0.05) is 19.1 Å². The number of likely N-dealkylation sites (tertiary alicyclic amines) is 1. The molecule has 6 nitrogen and oxygen atoms in total. The van der Waals surface area contributed by atoms with Gasteiger partial charge in [-0.25, -0.2) is 9.37 Å². The van der Waals surface area contributed by atoms with Crippen LogP contribution >= 0.6 is 0 Å². The molecule has 2 aliphatic rings. The van der Waals surface area contributed by atoms with Crippen LogP contribution in [-0.4, -0.2) is 47.5 Å². The molecule has 0 spiro atoms. The third-order valence-electron chi connectivity index (χ3n) is 6.43. The first-order valence-electron chi connectivity index (χ1n) is 11.4. The summed E-state index contributed by atoms with van der Waals surface area (Å²) in [6.45, 7) is 2.08. The number of ether oxygens (including phenoxy) is 1. The summed E-state index contributed by atoms with van der Waals surface area (Å²) in [6.07, 6.45) is -9.34. The average Bonchev–Trinajstić information content (AvgIpc) is 3.17. The predicted molar refractivity (Wildman–Crippen MR) is 114 cm³/mol. The molecule has 13 heteroatoms. The summed E-state index contributed by atoms with van der Waals surface area (Å²) in [4.78, 5) is 30.9. The van der Waals surface area contributed by atoms with Gasteiger partial charge in [-0.2, -0.15) is 26.3 Å². The van der Waals surface area contributed by atoms with Crippen LogP contribution in [0.4, 0.5) is 30.7 Å². The molecule has 0 bridgehead atoms. The lowest BCUT2D eigenvalue weighted by molar-refractivity contribution is -0.141. The number of rotatable bonds is 5. The van der Waals surface area contributed by atoms with Crippen molar-refractivity contribution < 1.29 is 45.1 Å². The molecule has 0 saturated carbocycles. The van der Waals surface area contributed by atoms with Crippen molar-refractivity contribution in [3.8, 4) is 0 Å². The number of hydrogen-bond acceptors (Lipinski definition) is 4. The summed E-state index contributed by atoms with van der Waals surface area (Å²) in [5, 5.41) is 2.63. The lowest BCUT2D eigenvalue weighted by Crippen LogP contribution is -2.50. The van der Waals surface area contributed by atoms with E-state index in [4.69, 9.17) is 4.74 Å². The normalized spacial score (nSPS) is 21.5. The largest absolute Gasteiger partial charge is 0.433 e. The number of carbonyl (C=O) groups excluding carboxylic acids is 2. The molecular formula is C24H22F7N3O3. The van der Waals surface area contributed by atoms with Crippen LogP contribution in [0.15, 0.2) is 36.4 Å². The van der Waals surface area contributed by atoms with Gasteiger partial charge in [-0.15, -0.1) is 0 Å². The Hall–Kier alpha value is -3.22. The second-order valence-corrected chi connectivity index (χ2v) is 9.24. The molecule has 4 rings (SSSR count). The summed E-state index contributed by atoms with van der Waals surface area (Å²) in [6, 6.07) is 2.75. The van der Waals surface area contributed by atoms with E-state index >= 15 is 0 Å². The second-order valence-electron chi connectivity index (χ2n) is 9.24. The number of benzene rings is 1. The fraction of sp³-hybridized carbons (Fsp3) is 0.458. The van der Waals surface area contributed by atoms with Crippen LogP contribution < -0.4 is 5.32 Å². The van der Waals surface area contributed by atoms with E-state index in [2.05, 4.69) is 10.3 Å². The Labute approximate surface area is 206 Å². The summed E-state index contributed by atoms with van der Waals surface area (Å²) in [7, 11) is 0. The van der Waals surface area contributed by atoms with Crippen LogP contribution in [0.25, 0.3) is 0 Å². The maximum Gasteiger partial charge on any atom is 0.433 e. The van der Waals surface area contributed by atoms with Gasteiger partial charge in [0.25, 0.3) is 5.91 Å². The molecule has 1 N–H and O–H groups in total. The molecular weight excluding hydrogens is 511 g/mol. The zero-order valence-electron chi connectivity index (χ0n) is 19.4. The first-order valence-corrected chi connectivity index (χ1v) is 11.4. The van der Waals surface area contributed by atoms with Gasteiger partial charge in [0.05, 0.1) is 24.8 Å². The Morgan fingerprint density at radius 2 is 1.78 bits per heavy atom. The summed E-state index contributed by atoms with van der Waals surface area (Å²) in [5.41, 5.74) is -3.09. The molecule has 37 heavy (non-hydrogen) atoms. The van der Waals surface area contributed by atoms with Gasteiger partial charge in [-0.05, 0) is 36.6 Å². The first-order chi connectivity index (χ1) is 17.3. The first kappa shape index (κ1) is 26.8. The minimum absolute atomic E-state index is 0.0701. The number of carbonyl (C=O) groups is 2. The monoisotopic (exact) mass is 533 g/mol. The highest BCUT2D eigenvalue weighted by atomic mass is 19.4. The summed E-state index contributed by atoms with van der Waals surface area (Å²) >= 11 is 0. The zero-order valence-corrected chi connectivity index (χ0v) is 19.4. The molecule has 2 fully saturated rings. The molecule has 2 aromatic rings. The molecule has 2 amide bonds. The van der Waals surface area contributed by atoms with Crippen molar-refractivity contribution in [2.75, 3.05) is 19.8 Å². The highest BCUT2D eigenvalue weighted by molar-refractivity contribution is 5.96. The standard InChI is InChI=1S/C24H22F7N3O3/c1-12-7-18(34(9-12)22(36)17-3-2-4-19(32-17)24(29,30)31)21(35)33-20(13-10-37-11-13)15-6-5-14(8-16(15)25)23(26,27)28/h2-6,8,12-13,18,20H,7,9-11H2,1H3,(H,33,35)/t12-,18-,20-/m1/s1. The van der Waals surface area contributed by atoms with Crippen LogP contribution in [0, 0.1) is 17.7 Å². The van der Waals surface area contributed by atoms with Crippen molar-refractivity contribution in [2.45, 2.75) is 37.8 Å². The summed E-state index contributed by atoms with van der Waals surface area (Å²) < 4.78 is 98.0. The molecule has 0 unspecified atom stereocenters. The number of nitrogens with one attached hydrogen (secondary N) is 1. The highest BCUT2D eigenvalue weighted by Crippen LogP contribution is 2.35. The number of halogens is 7. The van der Waals surface area contributed by atoms with Crippen molar-refractivity contribution in [2.24, 2.45) is 11.8 Å². The maximum absolute atomic E-state index is 14.7. The maximum atomic E-state index is 14.7. The Bertz CT molecular complexity index is 1180. The lowest BCUT2D eigenvalue weighted by Gasteiger charge is -2.36. The number of nitrogens with zero attached hydrogens (tertiary/aromatic N) is 2. The van der Waals surface area contributed by atoms with E-state index in [9.17, 15) is 40.3 Å². The van der Waals surface area contributed by atoms with E-state index in [1.165, 1.54) is 0 Å². The van der Waals surface area contributed by atoms with E-state index in [0.717, 1.165) is 29.2 Å². The lowest BCUT2D eigenvalue weighted by atomic mass is 9.90. The zero-order chi connectivity index (χ0) is 27.1. The van der Waals surface area contributed by atoms with Crippen LogP contribution in [-0.2, 0) is 21.9 Å². The molecule has 2 aliphatic heterocycles. The van der Waals surface area contributed by atoms with Gasteiger partial charge in [0.15, 0.2) is 0 Å². The number of amides is 2. The quantitative estimate of drug-likeness (QED) is 0.570. The number of hydrogen-bond donors (Lipinski definition) is 1. The van der Waals surface area contributed by atoms with Gasteiger partial charge < -0.3 is 15.0 Å². The van der Waals surface area contributed by atoms with Crippen LogP contribution in [0.2, 0.25) is 0 Å². The van der Waals surface area contributed by atoms with E-state index in [1.54, 1.807) is 6.92 Å². The predicted octanol–water partition coefficient (Wildman–Crippen LogP) is 4.61. The molecule has 3 heterocycles. The molecule has 3 atom stereocenters. The molecule has 200 valence electrons. The summed E-state index contributed by atoms with van der Waals surface area (Å²) in [5.74, 6) is -3.35. The van der Waals surface area contributed by atoms with Gasteiger partial charge in [0, 0.05) is 18.0 Å². The smallest absolute Gasteiger partial charge is 0.381 e. The number of alkyl halides is 6. The van der Waals surface area contributed by atoms with Gasteiger partial charge in [0.2, 0.25) is 5.91 Å². The number of pyridine rings is 1. The SMILES string of the molecule is C[C@@H]1C[C@H](C(=O)N[C@@H](c2ccc(C(F)(F)F)cc2F)C2COC2)N(C(=O)c2cccc(C(F)(F)F)n2)C1. The van der Waals surface area contributed by atoms with Crippen molar-refractivity contribution in [1.29, 1.82) is 0 Å². The topological polar surface area (TPSA) is 71.5 Å². The van der Waals surface area contributed by atoms with Gasteiger partial charge in [0.1, 0.15) is 23.2 Å². The minimum Gasteiger partial charge on any atom is -0.381 e. The van der Waals surface area contributed by atoms with Crippen molar-refractivity contribution >= 4 is 11.8 Å². The van der Waals surface area contributed by atoms with Gasteiger partial charge >= 0.3 is 12.4 Å². The minimum atomic E-state index is -4.77. The molecule has 0 radical (unpaired) electrons. The molecule has 1 aromatic heterocycles. The molecule has 0 aliphatic carbocycles. The molecule has 1 aromatic carbocycles. The average molecular weight is 533 g/mol. The van der Waals surface area contributed by atoms with E-state index < -0.39 is 64.9 Å². The van der Waals surface area contributed by atoms with Crippen LogP contribution in [0.3, 0.4) is 0 Å². The van der Waals surface area contributed by atoms with E-state index in [0.29, 0.717) is 12.1 Å². The van der Waals surface area contributed by atoms with E-state index in [-0.39, 0.29) is 37.7 Å². The van der Waals surface area contributed by atoms with E-state index in [1.807, 2.05) is 0 Å². The third kappa shape index (κ3) is 5.71. The fourth-order valence-electron chi connectivity index (χ4n) is 4.48. The Balaban J connectivity index is 1.58. The van der Waals surface area contributed by atoms with Crippen molar-refractivity contribution in [1.82, 2.24) is 15.2 Å². The number of aromatic nitrogens is 1.